The normalized spacial score (nSPS) is 10.5. The first kappa shape index (κ1) is 13.8. The van der Waals surface area contributed by atoms with Gasteiger partial charge in [0.25, 0.3) is 5.91 Å². The minimum atomic E-state index is -0.112. The molecule has 0 aliphatic heterocycles. The second kappa shape index (κ2) is 6.06. The van der Waals surface area contributed by atoms with Crippen LogP contribution in [-0.4, -0.2) is 10.9 Å². The molecule has 0 saturated heterocycles. The molecular weight excluding hydrogens is 328 g/mol. The van der Waals surface area contributed by atoms with Crippen molar-refractivity contribution < 1.29 is 4.79 Å². The molecule has 1 N–H and O–H groups in total. The highest BCUT2D eigenvalue weighted by molar-refractivity contribution is 9.08. The zero-order valence-electron chi connectivity index (χ0n) is 11.2. The Labute approximate surface area is 131 Å². The highest BCUT2D eigenvalue weighted by Gasteiger charge is 2.06. The Hall–Kier alpha value is -2.20. The van der Waals surface area contributed by atoms with Crippen molar-refractivity contribution in [3.8, 4) is 0 Å². The van der Waals surface area contributed by atoms with E-state index in [0.717, 1.165) is 27.5 Å². The highest BCUT2D eigenvalue weighted by atomic mass is 79.9. The van der Waals surface area contributed by atoms with E-state index in [1.807, 2.05) is 54.6 Å². The largest absolute Gasteiger partial charge is 0.322 e. The van der Waals surface area contributed by atoms with Gasteiger partial charge in [0.15, 0.2) is 0 Å². The van der Waals surface area contributed by atoms with Crippen molar-refractivity contribution in [3.63, 3.8) is 0 Å². The van der Waals surface area contributed by atoms with Crippen molar-refractivity contribution in [3.05, 3.63) is 71.9 Å². The van der Waals surface area contributed by atoms with Gasteiger partial charge in [0.05, 0.1) is 5.52 Å². The molecule has 1 aromatic heterocycles. The fourth-order valence-corrected chi connectivity index (χ4v) is 2.48. The molecule has 3 nitrogen and oxygen atoms in total. The summed E-state index contributed by atoms with van der Waals surface area (Å²) >= 11 is 3.39. The molecule has 0 bridgehead atoms. The number of fused-ring (bicyclic) bond motifs is 1. The Morgan fingerprint density at radius 3 is 2.67 bits per heavy atom. The number of hydrogen-bond donors (Lipinski definition) is 1. The Bertz CT molecular complexity index is 784. The number of pyridine rings is 1. The van der Waals surface area contributed by atoms with Crippen LogP contribution in [0.15, 0.2) is 60.8 Å². The lowest BCUT2D eigenvalue weighted by molar-refractivity contribution is 0.102. The van der Waals surface area contributed by atoms with E-state index in [1.165, 1.54) is 0 Å². The van der Waals surface area contributed by atoms with Gasteiger partial charge in [-0.05, 0) is 42.0 Å². The molecule has 4 heteroatoms. The Kier molecular flexibility index (Phi) is 3.97. The highest BCUT2D eigenvalue weighted by Crippen LogP contribution is 2.18. The lowest BCUT2D eigenvalue weighted by Crippen LogP contribution is -2.11. The molecule has 3 rings (SSSR count). The van der Waals surface area contributed by atoms with E-state index >= 15 is 0 Å². The summed E-state index contributed by atoms with van der Waals surface area (Å²) in [6.45, 7) is 0. The van der Waals surface area contributed by atoms with Crippen LogP contribution in [0.2, 0.25) is 0 Å². The van der Waals surface area contributed by atoms with Crippen molar-refractivity contribution in [2.45, 2.75) is 5.33 Å². The number of nitrogens with zero attached hydrogens (tertiary/aromatic N) is 1. The summed E-state index contributed by atoms with van der Waals surface area (Å²) in [5, 5.41) is 4.70. The predicted octanol–water partition coefficient (Wildman–Crippen LogP) is 4.38. The zero-order valence-corrected chi connectivity index (χ0v) is 12.8. The van der Waals surface area contributed by atoms with Gasteiger partial charge < -0.3 is 5.32 Å². The number of amides is 1. The van der Waals surface area contributed by atoms with E-state index in [9.17, 15) is 4.79 Å². The first-order valence-corrected chi connectivity index (χ1v) is 7.69. The minimum absolute atomic E-state index is 0.112. The molecule has 2 aromatic carbocycles. The number of hydrogen-bond acceptors (Lipinski definition) is 2. The second-order valence-corrected chi connectivity index (χ2v) is 5.26. The predicted molar refractivity (Wildman–Crippen MR) is 88.8 cm³/mol. The van der Waals surface area contributed by atoms with Gasteiger partial charge in [-0.1, -0.05) is 34.1 Å². The van der Waals surface area contributed by atoms with Crippen LogP contribution in [0, 0.1) is 0 Å². The van der Waals surface area contributed by atoms with Crippen LogP contribution in [0.25, 0.3) is 10.9 Å². The fourth-order valence-electron chi connectivity index (χ4n) is 2.10. The van der Waals surface area contributed by atoms with Crippen LogP contribution >= 0.6 is 15.9 Å². The number of halogens is 1. The number of alkyl halides is 1. The number of carbonyl (C=O) groups excluding carboxylic acids is 1. The summed E-state index contributed by atoms with van der Waals surface area (Å²) in [7, 11) is 0. The number of anilines is 1. The van der Waals surface area contributed by atoms with Crippen LogP contribution in [-0.2, 0) is 5.33 Å². The van der Waals surface area contributed by atoms with Gasteiger partial charge in [-0.25, -0.2) is 0 Å². The molecule has 104 valence electrons. The molecule has 0 atom stereocenters. The first-order chi connectivity index (χ1) is 10.3. The molecule has 21 heavy (non-hydrogen) atoms. The van der Waals surface area contributed by atoms with Crippen molar-refractivity contribution in [1.82, 2.24) is 4.98 Å². The SMILES string of the molecule is O=C(Nc1ccc2ncccc2c1)c1ccc(CBr)cc1. The Morgan fingerprint density at radius 2 is 1.90 bits per heavy atom. The average molecular weight is 341 g/mol. The van der Waals surface area contributed by atoms with Crippen molar-refractivity contribution >= 4 is 38.4 Å². The van der Waals surface area contributed by atoms with E-state index in [2.05, 4.69) is 26.2 Å². The Balaban J connectivity index is 1.81. The quantitative estimate of drug-likeness (QED) is 0.718. The zero-order chi connectivity index (χ0) is 14.7. The smallest absolute Gasteiger partial charge is 0.255 e. The van der Waals surface area contributed by atoms with Gasteiger partial charge in [-0.3, -0.25) is 9.78 Å². The fraction of sp³-hybridized carbons (Fsp3) is 0.0588. The Morgan fingerprint density at radius 1 is 1.10 bits per heavy atom. The molecule has 0 spiro atoms. The topological polar surface area (TPSA) is 42.0 Å². The first-order valence-electron chi connectivity index (χ1n) is 6.57. The third-order valence-corrected chi connectivity index (χ3v) is 3.88. The third kappa shape index (κ3) is 3.11. The standard InChI is InChI=1S/C17H13BrN2O/c18-11-12-3-5-13(6-4-12)17(21)20-15-7-8-16-14(10-15)2-1-9-19-16/h1-10H,11H2,(H,20,21). The number of benzene rings is 2. The van der Waals surface area contributed by atoms with Crippen LogP contribution < -0.4 is 5.32 Å². The lowest BCUT2D eigenvalue weighted by atomic mass is 10.1. The molecule has 0 fully saturated rings. The van der Waals surface area contributed by atoms with Gasteiger partial charge in [0.1, 0.15) is 0 Å². The molecule has 1 heterocycles. The van der Waals surface area contributed by atoms with E-state index < -0.39 is 0 Å². The minimum Gasteiger partial charge on any atom is -0.322 e. The summed E-state index contributed by atoms with van der Waals surface area (Å²) in [6, 6.07) is 17.1. The van der Waals surface area contributed by atoms with E-state index in [4.69, 9.17) is 0 Å². The molecule has 1 amide bonds. The summed E-state index contributed by atoms with van der Waals surface area (Å²) < 4.78 is 0. The van der Waals surface area contributed by atoms with Crippen LogP contribution in [0.4, 0.5) is 5.69 Å². The number of rotatable bonds is 3. The maximum absolute atomic E-state index is 12.2. The van der Waals surface area contributed by atoms with Crippen LogP contribution in [0.3, 0.4) is 0 Å². The third-order valence-electron chi connectivity index (χ3n) is 3.23. The van der Waals surface area contributed by atoms with Crippen molar-refractivity contribution in [1.29, 1.82) is 0 Å². The van der Waals surface area contributed by atoms with Gasteiger partial charge in [-0.2, -0.15) is 0 Å². The maximum Gasteiger partial charge on any atom is 0.255 e. The van der Waals surface area contributed by atoms with E-state index in [1.54, 1.807) is 6.20 Å². The average Bonchev–Trinajstić information content (AvgIpc) is 2.55. The molecule has 0 radical (unpaired) electrons. The van der Waals surface area contributed by atoms with Gasteiger partial charge in [0, 0.05) is 28.2 Å². The summed E-state index contributed by atoms with van der Waals surface area (Å²) in [4.78, 5) is 16.5. The molecule has 3 aromatic rings. The molecule has 0 aliphatic carbocycles. The van der Waals surface area contributed by atoms with E-state index in [-0.39, 0.29) is 5.91 Å². The summed E-state index contributed by atoms with van der Waals surface area (Å²) in [5.41, 5.74) is 3.47. The van der Waals surface area contributed by atoms with E-state index in [0.29, 0.717) is 5.56 Å². The molecular formula is C17H13BrN2O. The monoisotopic (exact) mass is 340 g/mol. The van der Waals surface area contributed by atoms with Crippen molar-refractivity contribution in [2.24, 2.45) is 0 Å². The summed E-state index contributed by atoms with van der Waals surface area (Å²) in [5.74, 6) is -0.112. The molecule has 0 unspecified atom stereocenters. The van der Waals surface area contributed by atoms with Crippen LogP contribution in [0.1, 0.15) is 15.9 Å². The maximum atomic E-state index is 12.2. The second-order valence-electron chi connectivity index (χ2n) is 4.70. The number of nitrogens with one attached hydrogen (secondary N) is 1. The van der Waals surface area contributed by atoms with Gasteiger partial charge >= 0.3 is 0 Å². The summed E-state index contributed by atoms with van der Waals surface area (Å²) in [6.07, 6.45) is 1.76. The van der Waals surface area contributed by atoms with Crippen LogP contribution in [0.5, 0.6) is 0 Å². The van der Waals surface area contributed by atoms with Gasteiger partial charge in [-0.15, -0.1) is 0 Å². The van der Waals surface area contributed by atoms with Gasteiger partial charge in [0.2, 0.25) is 0 Å². The number of carbonyl (C=O) groups is 1. The molecule has 0 saturated carbocycles. The number of aromatic nitrogens is 1. The van der Waals surface area contributed by atoms with Crippen molar-refractivity contribution in [2.75, 3.05) is 5.32 Å². The lowest BCUT2D eigenvalue weighted by Gasteiger charge is -2.07. The molecule has 0 aliphatic rings.